The van der Waals surface area contributed by atoms with Gasteiger partial charge in [0, 0.05) is 49.2 Å². The maximum Gasteiger partial charge on any atom is 0.410 e. The minimum atomic E-state index is -3.92. The van der Waals surface area contributed by atoms with E-state index in [-0.39, 0.29) is 35.2 Å². The molecule has 0 N–H and O–H groups in total. The van der Waals surface area contributed by atoms with E-state index in [1.165, 1.54) is 4.31 Å². The summed E-state index contributed by atoms with van der Waals surface area (Å²) < 4.78 is 34.8. The molecule has 0 bridgehead atoms. The number of Topliss-reactive ketones (excluding diaryl/α,β-unsaturated/α-hetero) is 1. The van der Waals surface area contributed by atoms with Crippen LogP contribution in [-0.2, 0) is 19.6 Å². The monoisotopic (exact) mass is 621 g/mol. The van der Waals surface area contributed by atoms with E-state index < -0.39 is 21.5 Å². The zero-order valence-electron chi connectivity index (χ0n) is 25.1. The summed E-state index contributed by atoms with van der Waals surface area (Å²) >= 11 is 1.57. The van der Waals surface area contributed by atoms with Crippen LogP contribution < -0.4 is 0 Å². The Labute approximate surface area is 258 Å². The van der Waals surface area contributed by atoms with Gasteiger partial charge in [-0.25, -0.2) is 18.2 Å². The fourth-order valence-corrected chi connectivity index (χ4v) is 8.26. The van der Waals surface area contributed by atoms with Crippen molar-refractivity contribution >= 4 is 38.9 Å². The molecule has 0 radical (unpaired) electrons. The Morgan fingerprint density at radius 2 is 1.63 bits per heavy atom. The molecule has 2 aliphatic rings. The van der Waals surface area contributed by atoms with Gasteiger partial charge >= 0.3 is 6.09 Å². The van der Waals surface area contributed by atoms with E-state index in [1.807, 2.05) is 69.5 Å². The van der Waals surface area contributed by atoms with Crippen LogP contribution in [0.5, 0.6) is 0 Å². The van der Waals surface area contributed by atoms with Gasteiger partial charge in [-0.05, 0) is 57.4 Å². The summed E-state index contributed by atoms with van der Waals surface area (Å²) in [4.78, 5) is 32.9. The molecule has 228 valence electrons. The van der Waals surface area contributed by atoms with Crippen LogP contribution in [-0.4, -0.2) is 59.7 Å². The minimum absolute atomic E-state index is 0.00171. The number of benzene rings is 2. The molecular formula is C33H39N3O5S2. The van der Waals surface area contributed by atoms with Gasteiger partial charge in [0.15, 0.2) is 0 Å². The summed E-state index contributed by atoms with van der Waals surface area (Å²) in [7, 11) is -3.92. The number of carbonyl (C=O) groups excluding carboxylic acids is 2. The highest BCUT2D eigenvalue weighted by molar-refractivity contribution is 7.89. The van der Waals surface area contributed by atoms with E-state index in [0.717, 1.165) is 29.1 Å². The number of aromatic nitrogens is 1. The molecule has 0 spiro atoms. The van der Waals surface area contributed by atoms with Gasteiger partial charge in [-0.3, -0.25) is 9.10 Å². The maximum absolute atomic E-state index is 14.0. The summed E-state index contributed by atoms with van der Waals surface area (Å²) in [6.07, 6.45) is 3.49. The van der Waals surface area contributed by atoms with Gasteiger partial charge in [0.05, 0.1) is 21.3 Å². The van der Waals surface area contributed by atoms with Crippen LogP contribution in [0, 0.1) is 5.92 Å². The SMILES string of the molecule is CCC(=O)[C@@H]1CN(S(=O)(=O)c2ccccc2)C(c2ccccc2)=C[C@H]1c1csc(C2CCN(C(=O)OC(C)(C)C)CC2)n1. The fourth-order valence-electron chi connectivity index (χ4n) is 5.69. The van der Waals surface area contributed by atoms with E-state index in [0.29, 0.717) is 25.2 Å². The number of likely N-dealkylation sites (tertiary alicyclic amines) is 1. The lowest BCUT2D eigenvalue weighted by Gasteiger charge is -2.37. The van der Waals surface area contributed by atoms with Gasteiger partial charge in [-0.15, -0.1) is 11.3 Å². The molecule has 0 saturated carbocycles. The number of carbonyl (C=O) groups is 2. The van der Waals surface area contributed by atoms with Gasteiger partial charge in [-0.1, -0.05) is 55.5 Å². The van der Waals surface area contributed by atoms with Crippen LogP contribution >= 0.6 is 11.3 Å². The summed E-state index contributed by atoms with van der Waals surface area (Å²) in [5.74, 6) is -0.729. The predicted molar refractivity (Wildman–Crippen MR) is 168 cm³/mol. The van der Waals surface area contributed by atoms with Crippen LogP contribution in [0.2, 0.25) is 0 Å². The first-order chi connectivity index (χ1) is 20.5. The van der Waals surface area contributed by atoms with Crippen LogP contribution in [0.4, 0.5) is 4.79 Å². The number of nitrogens with zero attached hydrogens (tertiary/aromatic N) is 3. The summed E-state index contributed by atoms with van der Waals surface area (Å²) in [6.45, 7) is 8.64. The third kappa shape index (κ3) is 6.86. The highest BCUT2D eigenvalue weighted by atomic mass is 32.2. The lowest BCUT2D eigenvalue weighted by atomic mass is 9.81. The predicted octanol–water partition coefficient (Wildman–Crippen LogP) is 6.68. The molecule has 1 amide bonds. The fraction of sp³-hybridized carbons (Fsp3) is 0.424. The number of rotatable bonds is 7. The second-order valence-electron chi connectivity index (χ2n) is 12.1. The lowest BCUT2D eigenvalue weighted by Crippen LogP contribution is -2.42. The maximum atomic E-state index is 14.0. The van der Waals surface area contributed by atoms with Gasteiger partial charge in [0.2, 0.25) is 0 Å². The number of thiazole rings is 1. The standard InChI is InChI=1S/C33H39N3O5S2/c1-5-30(37)27-21-36(43(39,40)25-14-10-7-11-15-25)29(23-12-8-6-9-13-23)20-26(27)28-22-42-31(34-28)24-16-18-35(19-17-24)32(38)41-33(2,3)4/h6-15,20,22,24,26-27H,5,16-19,21H2,1-4H3/t26-,27-/m1/s1. The number of allylic oxidation sites excluding steroid dienone is 1. The van der Waals surface area contributed by atoms with Gasteiger partial charge in [-0.2, -0.15) is 0 Å². The van der Waals surface area contributed by atoms with Crippen LogP contribution in [0.15, 0.2) is 77.0 Å². The average Bonchev–Trinajstić information content (AvgIpc) is 3.50. The number of hydrogen-bond acceptors (Lipinski definition) is 7. The van der Waals surface area contributed by atoms with Crippen LogP contribution in [0.25, 0.3) is 5.70 Å². The first-order valence-corrected chi connectivity index (χ1v) is 17.1. The number of sulfonamides is 1. The highest BCUT2D eigenvalue weighted by Gasteiger charge is 2.41. The van der Waals surface area contributed by atoms with Crippen molar-refractivity contribution in [2.24, 2.45) is 5.92 Å². The van der Waals surface area contributed by atoms with Crippen molar-refractivity contribution in [3.8, 4) is 0 Å². The van der Waals surface area contributed by atoms with Gasteiger partial charge in [0.1, 0.15) is 11.4 Å². The molecule has 43 heavy (non-hydrogen) atoms. The number of amides is 1. The Morgan fingerprint density at radius 1 is 1.00 bits per heavy atom. The molecule has 1 fully saturated rings. The molecule has 8 nitrogen and oxygen atoms in total. The molecule has 2 aliphatic heterocycles. The minimum Gasteiger partial charge on any atom is -0.444 e. The van der Waals surface area contributed by atoms with Crippen molar-refractivity contribution in [3.63, 3.8) is 0 Å². The summed E-state index contributed by atoms with van der Waals surface area (Å²) in [5, 5.41) is 2.99. The van der Waals surface area contributed by atoms with Crippen molar-refractivity contribution in [3.05, 3.63) is 88.4 Å². The van der Waals surface area contributed by atoms with Gasteiger partial charge < -0.3 is 9.64 Å². The second-order valence-corrected chi connectivity index (χ2v) is 14.8. The van der Waals surface area contributed by atoms with Crippen LogP contribution in [0.1, 0.15) is 75.1 Å². The normalized spacial score (nSPS) is 20.0. The second kappa shape index (κ2) is 12.6. The van der Waals surface area contributed by atoms with Gasteiger partial charge in [0.25, 0.3) is 10.0 Å². The number of ether oxygens (including phenoxy) is 1. The number of ketones is 1. The zero-order chi connectivity index (χ0) is 30.8. The van der Waals surface area contributed by atoms with Crippen molar-refractivity contribution in [2.75, 3.05) is 19.6 Å². The Kier molecular flexibility index (Phi) is 9.08. The molecule has 2 aromatic carbocycles. The molecule has 2 atom stereocenters. The number of hydrogen-bond donors (Lipinski definition) is 0. The van der Waals surface area contributed by atoms with E-state index >= 15 is 0 Å². The van der Waals surface area contributed by atoms with Crippen molar-refractivity contribution < 1.29 is 22.7 Å². The first-order valence-electron chi connectivity index (χ1n) is 14.8. The third-order valence-electron chi connectivity index (χ3n) is 7.94. The third-order valence-corrected chi connectivity index (χ3v) is 10.8. The Balaban J connectivity index is 1.46. The topological polar surface area (TPSA) is 96.9 Å². The lowest BCUT2D eigenvalue weighted by molar-refractivity contribution is -0.123. The van der Waals surface area contributed by atoms with Crippen molar-refractivity contribution in [1.29, 1.82) is 0 Å². The molecular weight excluding hydrogens is 583 g/mol. The van der Waals surface area contributed by atoms with Crippen molar-refractivity contribution in [2.45, 2.75) is 69.3 Å². The Hall–Kier alpha value is -3.50. The van der Waals surface area contributed by atoms with Crippen LogP contribution in [0.3, 0.4) is 0 Å². The van der Waals surface area contributed by atoms with E-state index in [9.17, 15) is 18.0 Å². The molecule has 0 aliphatic carbocycles. The molecule has 3 heterocycles. The van der Waals surface area contributed by atoms with E-state index in [1.54, 1.807) is 46.6 Å². The van der Waals surface area contributed by atoms with E-state index in [4.69, 9.17) is 9.72 Å². The summed E-state index contributed by atoms with van der Waals surface area (Å²) in [5.41, 5.74) is 1.56. The molecule has 10 heteroatoms. The molecule has 1 saturated heterocycles. The number of piperidine rings is 1. The smallest absolute Gasteiger partial charge is 0.410 e. The molecule has 1 aromatic heterocycles. The largest absolute Gasteiger partial charge is 0.444 e. The first kappa shape index (κ1) is 30.9. The molecule has 5 rings (SSSR count). The summed E-state index contributed by atoms with van der Waals surface area (Å²) in [6, 6.07) is 17.8. The Bertz CT molecular complexity index is 1570. The van der Waals surface area contributed by atoms with E-state index in [2.05, 4.69) is 0 Å². The highest BCUT2D eigenvalue weighted by Crippen LogP contribution is 2.42. The average molecular weight is 622 g/mol. The Morgan fingerprint density at radius 3 is 2.23 bits per heavy atom. The molecule has 3 aromatic rings. The quantitative estimate of drug-likeness (QED) is 0.292. The zero-order valence-corrected chi connectivity index (χ0v) is 26.7. The van der Waals surface area contributed by atoms with Crippen molar-refractivity contribution in [1.82, 2.24) is 14.2 Å². The molecule has 0 unspecified atom stereocenters.